The number of hydrogen-bond acceptors (Lipinski definition) is 2. The first kappa shape index (κ1) is 23.8. The summed E-state index contributed by atoms with van der Waals surface area (Å²) in [6.45, 7) is 4.51. The molecule has 0 unspecified atom stereocenters. The van der Waals surface area contributed by atoms with Crippen LogP contribution < -0.4 is 0 Å². The van der Waals surface area contributed by atoms with Gasteiger partial charge in [0, 0.05) is 12.2 Å². The third-order valence-electron chi connectivity index (χ3n) is 4.47. The molecule has 0 heterocycles. The largest absolute Gasteiger partial charge is 0.287 e. The highest BCUT2D eigenvalue weighted by Gasteiger charge is 2.00. The fourth-order valence-corrected chi connectivity index (χ4v) is 3.55. The van der Waals surface area contributed by atoms with E-state index in [1.165, 1.54) is 102 Å². The summed E-state index contributed by atoms with van der Waals surface area (Å²) in [4.78, 5) is 11.7. The molecule has 142 valence electrons. The molecule has 0 saturated carbocycles. The Balaban J connectivity index is 3.23. The molecule has 0 rings (SSSR count). The van der Waals surface area contributed by atoms with Crippen LogP contribution in [-0.2, 0) is 4.79 Å². The number of unbranched alkanes of at least 4 members (excludes halogenated alkanes) is 13. The lowest BCUT2D eigenvalue weighted by molar-refractivity contribution is -0.111. The van der Waals surface area contributed by atoms with Crippen molar-refractivity contribution in [1.29, 1.82) is 0 Å². The Labute approximate surface area is 156 Å². The third kappa shape index (κ3) is 19.8. The van der Waals surface area contributed by atoms with Crippen LogP contribution in [0.3, 0.4) is 0 Å². The van der Waals surface area contributed by atoms with Crippen molar-refractivity contribution in [3.63, 3.8) is 0 Å². The lowest BCUT2D eigenvalue weighted by atomic mass is 10.1. The van der Waals surface area contributed by atoms with E-state index in [1.54, 1.807) is 0 Å². The summed E-state index contributed by atoms with van der Waals surface area (Å²) >= 11 is 1.50. The van der Waals surface area contributed by atoms with E-state index in [4.69, 9.17) is 0 Å². The van der Waals surface area contributed by atoms with Crippen LogP contribution in [0.25, 0.3) is 0 Å². The highest BCUT2D eigenvalue weighted by Crippen LogP contribution is 2.13. The molecule has 2 heteroatoms. The van der Waals surface area contributed by atoms with E-state index < -0.39 is 0 Å². The molecule has 24 heavy (non-hydrogen) atoms. The second kappa shape index (κ2) is 20.8. The third-order valence-corrected chi connectivity index (χ3v) is 5.35. The fourth-order valence-electron chi connectivity index (χ4n) is 2.84. The zero-order valence-corrected chi connectivity index (χ0v) is 17.3. The van der Waals surface area contributed by atoms with Crippen LogP contribution in [0.4, 0.5) is 0 Å². The summed E-state index contributed by atoms with van der Waals surface area (Å²) in [7, 11) is 0. The van der Waals surface area contributed by atoms with Crippen molar-refractivity contribution < 1.29 is 4.79 Å². The van der Waals surface area contributed by atoms with Gasteiger partial charge in [-0.15, -0.1) is 0 Å². The van der Waals surface area contributed by atoms with Crippen molar-refractivity contribution in [3.05, 3.63) is 12.2 Å². The molecule has 0 amide bonds. The molecule has 0 aromatic rings. The first-order valence-electron chi connectivity index (χ1n) is 10.6. The zero-order chi connectivity index (χ0) is 17.7. The number of thioether (sulfide) groups is 1. The Morgan fingerprint density at radius 1 is 0.667 bits per heavy atom. The van der Waals surface area contributed by atoms with E-state index in [-0.39, 0.29) is 0 Å². The maximum absolute atomic E-state index is 11.7. The van der Waals surface area contributed by atoms with Crippen LogP contribution in [0, 0.1) is 0 Å². The normalized spacial score (nSPS) is 11.4. The number of carbonyl (C=O) groups excluding carboxylic acids is 1. The smallest absolute Gasteiger partial charge is 0.189 e. The molecule has 0 radical (unpaired) electrons. The van der Waals surface area contributed by atoms with Crippen molar-refractivity contribution in [1.82, 2.24) is 0 Å². The van der Waals surface area contributed by atoms with Gasteiger partial charge in [-0.1, -0.05) is 115 Å². The summed E-state index contributed by atoms with van der Waals surface area (Å²) in [5.41, 5.74) is 0. The van der Waals surface area contributed by atoms with E-state index in [1.807, 2.05) is 0 Å². The average molecular weight is 355 g/mol. The van der Waals surface area contributed by atoms with Gasteiger partial charge in [-0.2, -0.15) is 0 Å². The standard InChI is InChI=1S/C22H42OS/c1-3-5-7-9-11-12-13-14-15-17-19-21-24-22(23)20-18-16-10-8-6-4-2/h17,19H,3-16,18,20-21H2,1-2H3. The maximum atomic E-state index is 11.7. The van der Waals surface area contributed by atoms with Crippen LogP contribution in [0.1, 0.15) is 117 Å². The summed E-state index contributed by atoms with van der Waals surface area (Å²) < 4.78 is 0. The van der Waals surface area contributed by atoms with Gasteiger partial charge in [0.25, 0.3) is 0 Å². The van der Waals surface area contributed by atoms with Gasteiger partial charge >= 0.3 is 0 Å². The fraction of sp³-hybridized carbons (Fsp3) is 0.864. The molecule has 0 aliphatic carbocycles. The van der Waals surface area contributed by atoms with E-state index in [9.17, 15) is 4.79 Å². The first-order valence-corrected chi connectivity index (χ1v) is 11.6. The Bertz CT molecular complexity index is 286. The molecule has 0 saturated heterocycles. The van der Waals surface area contributed by atoms with E-state index >= 15 is 0 Å². The van der Waals surface area contributed by atoms with Crippen LogP contribution in [0.15, 0.2) is 12.2 Å². The Hall–Kier alpha value is -0.240. The van der Waals surface area contributed by atoms with E-state index in [0.717, 1.165) is 18.6 Å². The van der Waals surface area contributed by atoms with Gasteiger partial charge in [-0.25, -0.2) is 0 Å². The number of carbonyl (C=O) groups is 1. The molecule has 0 aromatic heterocycles. The monoisotopic (exact) mass is 354 g/mol. The van der Waals surface area contributed by atoms with Gasteiger partial charge in [0.1, 0.15) is 0 Å². The van der Waals surface area contributed by atoms with Gasteiger partial charge in [-0.3, -0.25) is 4.79 Å². The van der Waals surface area contributed by atoms with Crippen LogP contribution in [-0.4, -0.2) is 10.9 Å². The molecule has 0 aliphatic rings. The molecular formula is C22H42OS. The van der Waals surface area contributed by atoms with Gasteiger partial charge in [0.2, 0.25) is 0 Å². The zero-order valence-electron chi connectivity index (χ0n) is 16.5. The van der Waals surface area contributed by atoms with Crippen LogP contribution in [0.5, 0.6) is 0 Å². The predicted octanol–water partition coefficient (Wildman–Crippen LogP) is 8.08. The Morgan fingerprint density at radius 3 is 1.75 bits per heavy atom. The number of hydrogen-bond donors (Lipinski definition) is 0. The summed E-state index contributed by atoms with van der Waals surface area (Å²) in [6, 6.07) is 0. The molecule has 1 nitrogen and oxygen atoms in total. The first-order chi connectivity index (χ1) is 11.8. The minimum Gasteiger partial charge on any atom is -0.287 e. The van der Waals surface area contributed by atoms with Crippen molar-refractivity contribution in [3.8, 4) is 0 Å². The Kier molecular flexibility index (Phi) is 20.6. The molecule has 0 aliphatic heterocycles. The van der Waals surface area contributed by atoms with Crippen molar-refractivity contribution >= 4 is 16.9 Å². The molecule has 0 atom stereocenters. The van der Waals surface area contributed by atoms with Crippen molar-refractivity contribution in [2.45, 2.75) is 117 Å². The summed E-state index contributed by atoms with van der Waals surface area (Å²) in [5.74, 6) is 0.867. The van der Waals surface area contributed by atoms with Crippen LogP contribution >= 0.6 is 11.8 Å². The molecule has 0 spiro atoms. The molecular weight excluding hydrogens is 312 g/mol. The Morgan fingerprint density at radius 2 is 1.17 bits per heavy atom. The minimum atomic E-state index is 0.377. The van der Waals surface area contributed by atoms with Crippen molar-refractivity contribution in [2.24, 2.45) is 0 Å². The lowest BCUT2D eigenvalue weighted by Crippen LogP contribution is -1.92. The molecule has 0 N–H and O–H groups in total. The summed E-state index contributed by atoms with van der Waals surface area (Å²) in [5, 5.41) is 0.377. The van der Waals surface area contributed by atoms with Gasteiger partial charge in [0.15, 0.2) is 5.12 Å². The lowest BCUT2D eigenvalue weighted by Gasteiger charge is -2.00. The van der Waals surface area contributed by atoms with Gasteiger partial charge < -0.3 is 0 Å². The van der Waals surface area contributed by atoms with Gasteiger partial charge in [-0.05, 0) is 19.3 Å². The molecule has 0 fully saturated rings. The van der Waals surface area contributed by atoms with Crippen LogP contribution in [0.2, 0.25) is 0 Å². The average Bonchev–Trinajstić information content (AvgIpc) is 2.59. The SMILES string of the molecule is CCCCCCCCCCC=CCSC(=O)CCCCCCCC. The van der Waals surface area contributed by atoms with E-state index in [0.29, 0.717) is 5.12 Å². The highest BCUT2D eigenvalue weighted by atomic mass is 32.2. The quantitative estimate of drug-likeness (QED) is 0.183. The summed E-state index contributed by atoms with van der Waals surface area (Å²) in [6.07, 6.45) is 25.0. The highest BCUT2D eigenvalue weighted by molar-refractivity contribution is 8.13. The second-order valence-electron chi connectivity index (χ2n) is 6.94. The minimum absolute atomic E-state index is 0.377. The van der Waals surface area contributed by atoms with Crippen molar-refractivity contribution in [2.75, 3.05) is 5.75 Å². The number of rotatable bonds is 18. The maximum Gasteiger partial charge on any atom is 0.189 e. The van der Waals surface area contributed by atoms with Gasteiger partial charge in [0.05, 0.1) is 0 Å². The second-order valence-corrected chi connectivity index (χ2v) is 8.01. The molecule has 0 aromatic carbocycles. The van der Waals surface area contributed by atoms with E-state index in [2.05, 4.69) is 26.0 Å². The molecule has 0 bridgehead atoms. The topological polar surface area (TPSA) is 17.1 Å². The predicted molar refractivity (Wildman–Crippen MR) is 112 cm³/mol. The number of allylic oxidation sites excluding steroid dienone is 1.